The van der Waals surface area contributed by atoms with Crippen molar-refractivity contribution in [2.45, 2.75) is 52.1 Å². The maximum atomic E-state index is 3.78. The summed E-state index contributed by atoms with van der Waals surface area (Å²) in [4.78, 5) is 0. The van der Waals surface area contributed by atoms with E-state index in [1.807, 2.05) is 0 Å². The predicted molar refractivity (Wildman–Crippen MR) is 77.1 cm³/mol. The second-order valence-corrected chi connectivity index (χ2v) is 7.07. The van der Waals surface area contributed by atoms with Crippen LogP contribution < -0.4 is 5.32 Å². The molecule has 0 saturated heterocycles. The van der Waals surface area contributed by atoms with E-state index in [-0.39, 0.29) is 5.54 Å². The van der Waals surface area contributed by atoms with Crippen molar-refractivity contribution in [1.82, 2.24) is 5.32 Å². The fraction of sp³-hybridized carbons (Fsp3) is 0.600. The molecule has 1 aromatic carbocycles. The number of rotatable bonds is 4. The van der Waals surface area contributed by atoms with Gasteiger partial charge < -0.3 is 5.32 Å². The Kier molecular flexibility index (Phi) is 3.39. The molecule has 1 saturated carbocycles. The molecule has 2 rings (SSSR count). The van der Waals surface area contributed by atoms with E-state index in [2.05, 4.69) is 73.2 Å². The van der Waals surface area contributed by atoms with Crippen molar-refractivity contribution in [2.75, 3.05) is 0 Å². The van der Waals surface area contributed by atoms with E-state index in [1.165, 1.54) is 18.4 Å². The number of nitrogens with one attached hydrogen (secondary N) is 1. The van der Waals surface area contributed by atoms with Crippen LogP contribution in [-0.2, 0) is 5.54 Å². The molecule has 1 aliphatic rings. The highest BCUT2D eigenvalue weighted by Gasteiger charge is 2.44. The topological polar surface area (TPSA) is 12.0 Å². The Morgan fingerprint density at radius 2 is 1.76 bits per heavy atom. The zero-order valence-corrected chi connectivity index (χ0v) is 12.8. The molecule has 0 heterocycles. The molecule has 1 nitrogen and oxygen atoms in total. The molecule has 1 unspecified atom stereocenters. The van der Waals surface area contributed by atoms with Gasteiger partial charge in [-0.15, -0.1) is 0 Å². The number of hydrogen-bond donors (Lipinski definition) is 1. The van der Waals surface area contributed by atoms with Crippen molar-refractivity contribution in [1.29, 1.82) is 0 Å². The largest absolute Gasteiger partial charge is 0.305 e. The van der Waals surface area contributed by atoms with Crippen LogP contribution in [0.25, 0.3) is 0 Å². The molecular formula is C15H22BrN. The first-order valence-electron chi connectivity index (χ1n) is 6.37. The van der Waals surface area contributed by atoms with Crippen LogP contribution in [0.2, 0.25) is 0 Å². The molecule has 0 radical (unpaired) electrons. The summed E-state index contributed by atoms with van der Waals surface area (Å²) < 4.78 is 1.14. The van der Waals surface area contributed by atoms with Gasteiger partial charge in [0.15, 0.2) is 0 Å². The lowest BCUT2D eigenvalue weighted by molar-refractivity contribution is 0.281. The third kappa shape index (κ3) is 2.92. The normalized spacial score (nSPS) is 20.1. The molecule has 17 heavy (non-hydrogen) atoms. The van der Waals surface area contributed by atoms with Crippen LogP contribution >= 0.6 is 15.9 Å². The van der Waals surface area contributed by atoms with Crippen molar-refractivity contribution < 1.29 is 0 Å². The number of halogens is 1. The molecule has 0 aromatic heterocycles. The smallest absolute Gasteiger partial charge is 0.0379 e. The van der Waals surface area contributed by atoms with E-state index in [4.69, 9.17) is 0 Å². The maximum absolute atomic E-state index is 3.78. The first kappa shape index (κ1) is 13.1. The lowest BCUT2D eigenvalue weighted by Crippen LogP contribution is -2.45. The van der Waals surface area contributed by atoms with Crippen LogP contribution in [0.3, 0.4) is 0 Å². The van der Waals surface area contributed by atoms with Crippen molar-refractivity contribution in [3.8, 4) is 0 Å². The van der Waals surface area contributed by atoms with E-state index in [0.717, 1.165) is 4.47 Å². The second kappa shape index (κ2) is 4.40. The fourth-order valence-corrected chi connectivity index (χ4v) is 2.56. The average Bonchev–Trinajstić information content (AvgIpc) is 2.98. The molecule has 1 fully saturated rings. The van der Waals surface area contributed by atoms with Gasteiger partial charge in [-0.25, -0.2) is 0 Å². The molecule has 0 amide bonds. The van der Waals surface area contributed by atoms with Crippen LogP contribution in [0.1, 0.15) is 46.1 Å². The van der Waals surface area contributed by atoms with Crippen molar-refractivity contribution in [3.63, 3.8) is 0 Å². The highest BCUT2D eigenvalue weighted by Crippen LogP contribution is 2.48. The first-order valence-corrected chi connectivity index (χ1v) is 7.17. The lowest BCUT2D eigenvalue weighted by atomic mass is 9.90. The van der Waals surface area contributed by atoms with Gasteiger partial charge in [-0.3, -0.25) is 0 Å². The van der Waals surface area contributed by atoms with Crippen molar-refractivity contribution in [2.24, 2.45) is 5.41 Å². The van der Waals surface area contributed by atoms with Gasteiger partial charge in [-0.1, -0.05) is 35.0 Å². The summed E-state index contributed by atoms with van der Waals surface area (Å²) in [6.07, 6.45) is 2.72. The average molecular weight is 296 g/mol. The molecule has 1 N–H and O–H groups in total. The third-order valence-electron chi connectivity index (χ3n) is 4.23. The molecule has 0 bridgehead atoms. The Morgan fingerprint density at radius 3 is 2.24 bits per heavy atom. The first-order chi connectivity index (χ1) is 7.83. The minimum Gasteiger partial charge on any atom is -0.305 e. The number of hydrogen-bond acceptors (Lipinski definition) is 1. The summed E-state index contributed by atoms with van der Waals surface area (Å²) in [5, 5.41) is 3.78. The Labute approximate surface area is 113 Å². The number of benzene rings is 1. The van der Waals surface area contributed by atoms with Gasteiger partial charge in [0.25, 0.3) is 0 Å². The highest BCUT2D eigenvalue weighted by atomic mass is 79.9. The maximum Gasteiger partial charge on any atom is 0.0379 e. The fourth-order valence-electron chi connectivity index (χ4n) is 2.30. The Hall–Kier alpha value is -0.340. The van der Waals surface area contributed by atoms with Crippen molar-refractivity contribution >= 4 is 15.9 Å². The summed E-state index contributed by atoms with van der Waals surface area (Å²) >= 11 is 3.48. The van der Waals surface area contributed by atoms with Gasteiger partial charge in [-0.2, -0.15) is 0 Å². The van der Waals surface area contributed by atoms with E-state index in [0.29, 0.717) is 11.5 Å². The molecule has 1 atom stereocenters. The Bertz CT molecular complexity index is 390. The molecule has 1 aliphatic carbocycles. The van der Waals surface area contributed by atoms with Crippen LogP contribution in [-0.4, -0.2) is 6.04 Å². The summed E-state index contributed by atoms with van der Waals surface area (Å²) in [5.41, 5.74) is 1.90. The van der Waals surface area contributed by atoms with Crippen LogP contribution in [0.5, 0.6) is 0 Å². The lowest BCUT2D eigenvalue weighted by Gasteiger charge is -2.34. The zero-order chi connectivity index (χ0) is 12.7. The summed E-state index contributed by atoms with van der Waals surface area (Å²) in [7, 11) is 0. The van der Waals surface area contributed by atoms with E-state index >= 15 is 0 Å². The minimum atomic E-state index is 0.0334. The van der Waals surface area contributed by atoms with Gasteiger partial charge >= 0.3 is 0 Å². The molecule has 0 aliphatic heterocycles. The Balaban J connectivity index is 2.10. The summed E-state index contributed by atoms with van der Waals surface area (Å²) in [6, 6.07) is 9.18. The van der Waals surface area contributed by atoms with Gasteiger partial charge in [0.05, 0.1) is 0 Å². The van der Waals surface area contributed by atoms with Crippen LogP contribution in [0.4, 0.5) is 0 Å². The molecule has 0 spiro atoms. The van der Waals surface area contributed by atoms with E-state index < -0.39 is 0 Å². The van der Waals surface area contributed by atoms with E-state index in [9.17, 15) is 0 Å². The quantitative estimate of drug-likeness (QED) is 0.865. The van der Waals surface area contributed by atoms with Crippen LogP contribution in [0, 0.1) is 5.41 Å². The standard InChI is InChI=1S/C15H22BrN/c1-11(15(4)9-10-15)17-14(2,3)12-5-7-13(16)8-6-12/h5-8,11,17H,9-10H2,1-4H3. The summed E-state index contributed by atoms with van der Waals surface area (Å²) in [5.74, 6) is 0. The molecule has 94 valence electrons. The Morgan fingerprint density at radius 1 is 1.24 bits per heavy atom. The SMILES string of the molecule is CC(NC(C)(C)c1ccc(Br)cc1)C1(C)CC1. The highest BCUT2D eigenvalue weighted by molar-refractivity contribution is 9.10. The second-order valence-electron chi connectivity index (χ2n) is 6.15. The van der Waals surface area contributed by atoms with Crippen molar-refractivity contribution in [3.05, 3.63) is 34.3 Å². The summed E-state index contributed by atoms with van der Waals surface area (Å²) in [6.45, 7) is 9.22. The van der Waals surface area contributed by atoms with Gasteiger partial charge in [0, 0.05) is 16.1 Å². The van der Waals surface area contributed by atoms with Gasteiger partial charge in [0.1, 0.15) is 0 Å². The molecule has 1 aromatic rings. The monoisotopic (exact) mass is 295 g/mol. The van der Waals surface area contributed by atoms with Crippen LogP contribution in [0.15, 0.2) is 28.7 Å². The third-order valence-corrected chi connectivity index (χ3v) is 4.76. The van der Waals surface area contributed by atoms with Gasteiger partial charge in [0.2, 0.25) is 0 Å². The zero-order valence-electron chi connectivity index (χ0n) is 11.2. The predicted octanol–water partition coefficient (Wildman–Crippen LogP) is 4.46. The molecule has 2 heteroatoms. The van der Waals surface area contributed by atoms with E-state index in [1.54, 1.807) is 0 Å². The van der Waals surface area contributed by atoms with Gasteiger partial charge in [-0.05, 0) is 56.7 Å². The molecular weight excluding hydrogens is 274 g/mol. The minimum absolute atomic E-state index is 0.0334.